The topological polar surface area (TPSA) is 289 Å². The number of carbonyl (C=O) groups is 8. The minimum Gasteiger partial charge on any atom is -0.461 e. The lowest BCUT2D eigenvalue weighted by atomic mass is 9.43. The second kappa shape index (κ2) is 28.8. The fourth-order valence-electron chi connectivity index (χ4n) is 19.9. The molecule has 20 heteroatoms. The molecule has 0 radical (unpaired) electrons. The van der Waals surface area contributed by atoms with Gasteiger partial charge in [0.1, 0.15) is 66.3 Å². The molecular weight excluding hydrogens is 1170 g/mol. The maximum atomic E-state index is 13.7. The molecular formula is C71H117N3O17. The average molecular weight is 1280 g/mol. The summed E-state index contributed by atoms with van der Waals surface area (Å²) in [4.78, 5) is 101. The van der Waals surface area contributed by atoms with Crippen LogP contribution in [0.25, 0.3) is 0 Å². The van der Waals surface area contributed by atoms with Crippen LogP contribution in [0.3, 0.4) is 0 Å². The van der Waals surface area contributed by atoms with Gasteiger partial charge in [0, 0.05) is 24.2 Å². The van der Waals surface area contributed by atoms with Crippen molar-refractivity contribution in [1.82, 2.24) is 16.0 Å². The van der Waals surface area contributed by atoms with Gasteiger partial charge >= 0.3 is 36.2 Å². The molecule has 0 saturated heterocycles. The Kier molecular flexibility index (Phi) is 23.4. The first-order valence-corrected chi connectivity index (χ1v) is 34.6. The van der Waals surface area contributed by atoms with Gasteiger partial charge in [-0.25, -0.2) is 14.4 Å². The zero-order valence-electron chi connectivity index (χ0n) is 58.3. The zero-order valence-corrected chi connectivity index (χ0v) is 58.3. The van der Waals surface area contributed by atoms with Crippen LogP contribution in [-0.4, -0.2) is 136 Å². The molecule has 0 heterocycles. The van der Waals surface area contributed by atoms with E-state index < -0.39 is 83.3 Å². The van der Waals surface area contributed by atoms with Gasteiger partial charge in [-0.2, -0.15) is 0 Å². The summed E-state index contributed by atoms with van der Waals surface area (Å²) in [5.41, 5.74) is -3.19. The van der Waals surface area contributed by atoms with E-state index in [2.05, 4.69) is 57.5 Å². The summed E-state index contributed by atoms with van der Waals surface area (Å²) in [6.07, 6.45) is 8.73. The normalized spacial score (nSPS) is 38.0. The lowest BCUT2D eigenvalue weighted by Crippen LogP contribution is -2.64. The van der Waals surface area contributed by atoms with Gasteiger partial charge in [0.05, 0.1) is 18.3 Å². The number of rotatable bonds is 17. The number of ketones is 2. The van der Waals surface area contributed by atoms with Gasteiger partial charge < -0.3 is 69.3 Å². The van der Waals surface area contributed by atoms with Crippen molar-refractivity contribution in [2.75, 3.05) is 19.6 Å². The van der Waals surface area contributed by atoms with Gasteiger partial charge in [0.25, 0.3) is 0 Å². The first-order chi connectivity index (χ1) is 42.1. The highest BCUT2D eigenvalue weighted by Gasteiger charge is 2.69. The zero-order chi connectivity index (χ0) is 67.7. The molecule has 0 bridgehead atoms. The van der Waals surface area contributed by atoms with E-state index in [0.29, 0.717) is 81.0 Å². The molecule has 8 rings (SSSR count). The van der Waals surface area contributed by atoms with E-state index >= 15 is 0 Å². The number of carbonyl (C=O) groups excluding carboxylic acids is 8. The first kappa shape index (κ1) is 73.8. The lowest BCUT2D eigenvalue weighted by molar-refractivity contribution is -0.225. The Balaban J connectivity index is 0.000000334. The molecule has 8 aliphatic carbocycles. The third kappa shape index (κ3) is 17.3. The number of ether oxygens (including phenoxy) is 6. The number of alkyl carbamates (subject to hydrolysis) is 3. The Morgan fingerprint density at radius 2 is 0.912 bits per heavy atom. The summed E-state index contributed by atoms with van der Waals surface area (Å²) in [5.74, 6) is 0.599. The van der Waals surface area contributed by atoms with Crippen LogP contribution in [0.2, 0.25) is 0 Å². The average Bonchev–Trinajstić information content (AvgIpc) is 1.69. The predicted octanol–water partition coefficient (Wildman–Crippen LogP) is 11.1. The number of esters is 3. The molecule has 6 N–H and O–H groups in total. The summed E-state index contributed by atoms with van der Waals surface area (Å²) < 4.78 is 34.8. The Morgan fingerprint density at radius 1 is 0.484 bits per heavy atom. The van der Waals surface area contributed by atoms with Crippen molar-refractivity contribution in [3.05, 3.63) is 0 Å². The number of fused-ring (bicyclic) bond motifs is 10. The number of Topliss-reactive ketones (excluding diaryl/α,β-unsaturated/α-hetero) is 2. The van der Waals surface area contributed by atoms with Crippen molar-refractivity contribution < 1.29 is 82.1 Å². The van der Waals surface area contributed by atoms with E-state index in [0.717, 1.165) is 64.2 Å². The van der Waals surface area contributed by atoms with E-state index in [9.17, 15) is 53.7 Å². The van der Waals surface area contributed by atoms with Crippen LogP contribution in [0.15, 0.2) is 0 Å². The van der Waals surface area contributed by atoms with Crippen molar-refractivity contribution in [3.63, 3.8) is 0 Å². The predicted molar refractivity (Wildman–Crippen MR) is 340 cm³/mol. The minimum atomic E-state index is -0.763. The van der Waals surface area contributed by atoms with Gasteiger partial charge in [0.2, 0.25) is 0 Å². The smallest absolute Gasteiger partial charge is 0.408 e. The Morgan fingerprint density at radius 3 is 1.40 bits per heavy atom. The molecule has 8 fully saturated rings. The van der Waals surface area contributed by atoms with E-state index in [1.54, 1.807) is 76.2 Å². The van der Waals surface area contributed by atoms with Crippen LogP contribution in [0.4, 0.5) is 14.4 Å². The Bertz CT molecular complexity index is 2610. The summed E-state index contributed by atoms with van der Waals surface area (Å²) in [7, 11) is 0. The fourth-order valence-corrected chi connectivity index (χ4v) is 19.9. The molecule has 8 aliphatic rings. The van der Waals surface area contributed by atoms with E-state index in [4.69, 9.17) is 28.4 Å². The quantitative estimate of drug-likeness (QED) is 0.0583. The van der Waals surface area contributed by atoms with Gasteiger partial charge in [-0.3, -0.25) is 14.4 Å². The Hall–Kier alpha value is -4.56. The van der Waals surface area contributed by atoms with Crippen molar-refractivity contribution in [1.29, 1.82) is 0 Å². The highest BCUT2D eigenvalue weighted by atomic mass is 16.6. The van der Waals surface area contributed by atoms with Crippen molar-refractivity contribution in [3.8, 4) is 0 Å². The van der Waals surface area contributed by atoms with E-state index in [1.807, 2.05) is 0 Å². The maximum Gasteiger partial charge on any atom is 0.408 e. The third-order valence-electron chi connectivity index (χ3n) is 24.0. The summed E-state index contributed by atoms with van der Waals surface area (Å²) in [5, 5.41) is 40.6. The van der Waals surface area contributed by atoms with E-state index in [1.165, 1.54) is 0 Å². The van der Waals surface area contributed by atoms with Crippen LogP contribution < -0.4 is 16.0 Å². The third-order valence-corrected chi connectivity index (χ3v) is 24.0. The number of aliphatic hydroxyl groups is 3. The summed E-state index contributed by atoms with van der Waals surface area (Å²) in [6.45, 7) is 31.2. The summed E-state index contributed by atoms with van der Waals surface area (Å²) >= 11 is 0. The number of hydrogen-bond acceptors (Lipinski definition) is 17. The van der Waals surface area contributed by atoms with Gasteiger partial charge in [0.15, 0.2) is 0 Å². The highest BCUT2D eigenvalue weighted by Crippen LogP contribution is 2.71. The van der Waals surface area contributed by atoms with Gasteiger partial charge in [-0.15, -0.1) is 0 Å². The van der Waals surface area contributed by atoms with Gasteiger partial charge in [-0.05, 0) is 260 Å². The standard InChI is InChI=1S/C46H75N3O13.C25H42O4/c1-26(14-15-27(2)50)30-16-17-31-38-32(22-34(46(30,31)13)59-37(53)25-49-41(56)62-44(9,10)11)45(12)19-18-29(57-35(51)23-47-39(54)60-42(3,4)5)20-28(45)21-33(38)58-36(52)24-48-40(55)61-43(6,7)8;1-14(5-6-15(2)26)18-7-8-19-23-20(13-22(29)25(18,19)4)24(3)10-9-17(27)11-16(24)12-21(23)28/h26,28-34,38H,14-25H2,1-13H3,(H,47,54)(H,48,55)(H,49,56);14,16-23,27-29H,5-13H2,1-4H3/t26-,28+,29-,30-,31+,32+,33-,34+,38+,45+,46-;14-,16+,17-,18-,19+,20+,21-,22+,23+,24+,25-/m11/s1. The second-order valence-corrected chi connectivity index (χ2v) is 33.4. The molecule has 0 aromatic carbocycles. The lowest BCUT2D eigenvalue weighted by Gasteiger charge is -2.64. The molecule has 91 heavy (non-hydrogen) atoms. The molecule has 0 aromatic rings. The molecule has 0 aromatic heterocycles. The molecule has 20 nitrogen and oxygen atoms in total. The molecule has 0 unspecified atom stereocenters. The van der Waals surface area contributed by atoms with Crippen LogP contribution >= 0.6 is 0 Å². The molecule has 0 spiro atoms. The van der Waals surface area contributed by atoms with Crippen LogP contribution in [0.1, 0.15) is 233 Å². The van der Waals surface area contributed by atoms with E-state index in [-0.39, 0.29) is 101 Å². The molecule has 8 saturated carbocycles. The molecule has 22 atom stereocenters. The first-order valence-electron chi connectivity index (χ1n) is 34.6. The highest BCUT2D eigenvalue weighted by molar-refractivity contribution is 5.80. The fraction of sp³-hybridized carbons (Fsp3) is 0.887. The van der Waals surface area contributed by atoms with Crippen molar-refractivity contribution >= 4 is 47.8 Å². The SMILES string of the molecule is CC(=O)CC[C@@H](C)[C@H]1CC[C@H]2[C@@H]3[C@H](O)C[C@@H]4C[C@H](O)CC[C@]4(C)[C@H]3C[C@H](O)[C@]12C.CC(=O)CC[C@@H](C)[C@H]1CC[C@H]2[C@@H]3[C@H](OC(=O)CNC(=O)OC(C)(C)C)C[C@@H]4C[C@H](OC(=O)CNC(=O)OC(C)(C)C)CC[C@]4(C)[C@H]3C[C@H](OC(=O)CNC(=O)OC(C)(C)C)[C@]12C. The molecule has 0 aliphatic heterocycles. The largest absolute Gasteiger partial charge is 0.461 e. The van der Waals surface area contributed by atoms with Crippen LogP contribution in [0, 0.1) is 92.7 Å². The van der Waals surface area contributed by atoms with Crippen LogP contribution in [0.5, 0.6) is 0 Å². The van der Waals surface area contributed by atoms with Gasteiger partial charge in [-0.1, -0.05) is 41.5 Å². The minimum absolute atomic E-state index is 0.0495. The Labute approximate surface area is 542 Å². The number of amides is 3. The maximum absolute atomic E-state index is 13.7. The summed E-state index contributed by atoms with van der Waals surface area (Å²) in [6, 6.07) is 0. The molecule has 3 amide bonds. The second-order valence-electron chi connectivity index (χ2n) is 33.4. The van der Waals surface area contributed by atoms with Crippen LogP contribution in [-0.2, 0) is 52.4 Å². The van der Waals surface area contributed by atoms with Crippen molar-refractivity contribution in [2.45, 2.75) is 287 Å². The monoisotopic (exact) mass is 1280 g/mol. The van der Waals surface area contributed by atoms with Crippen molar-refractivity contribution in [2.24, 2.45) is 92.7 Å². The molecule has 518 valence electrons. The number of aliphatic hydroxyl groups excluding tert-OH is 3. The number of nitrogens with one attached hydrogen (secondary N) is 3. The number of hydrogen-bond donors (Lipinski definition) is 6.